The van der Waals surface area contributed by atoms with Crippen molar-refractivity contribution in [1.82, 2.24) is 9.80 Å². The molecule has 1 aromatic carbocycles. The molecule has 2 aliphatic rings. The number of fused-ring (bicyclic) bond motifs is 1. The van der Waals surface area contributed by atoms with Gasteiger partial charge in [-0.25, -0.2) is 0 Å². The Morgan fingerprint density at radius 3 is 2.43 bits per heavy atom. The number of hydrogen-bond acceptors (Lipinski definition) is 2. The average Bonchev–Trinajstić information content (AvgIpc) is 2.54. The zero-order valence-corrected chi connectivity index (χ0v) is 13.2. The molecule has 3 nitrogen and oxygen atoms in total. The number of rotatable bonds is 2. The third-order valence-corrected chi connectivity index (χ3v) is 5.05. The Morgan fingerprint density at radius 1 is 1.10 bits per heavy atom. The van der Waals surface area contributed by atoms with Crippen LogP contribution in [0.1, 0.15) is 37.8 Å². The number of carbonyl (C=O) groups is 1. The van der Waals surface area contributed by atoms with E-state index in [0.29, 0.717) is 11.9 Å². The Balaban J connectivity index is 1.60. The van der Waals surface area contributed by atoms with Crippen molar-refractivity contribution >= 4 is 5.91 Å². The molecule has 1 saturated heterocycles. The van der Waals surface area contributed by atoms with Gasteiger partial charge in [0.05, 0.1) is 0 Å². The molecule has 0 saturated carbocycles. The molecule has 21 heavy (non-hydrogen) atoms. The summed E-state index contributed by atoms with van der Waals surface area (Å²) in [6.07, 6.45) is 3.05. The van der Waals surface area contributed by atoms with E-state index in [1.807, 2.05) is 0 Å². The minimum absolute atomic E-state index is 0.241. The summed E-state index contributed by atoms with van der Waals surface area (Å²) >= 11 is 0. The summed E-state index contributed by atoms with van der Waals surface area (Å²) in [6, 6.07) is 9.13. The van der Waals surface area contributed by atoms with Crippen LogP contribution in [-0.4, -0.2) is 41.4 Å². The molecule has 0 atom stereocenters. The first-order valence-corrected chi connectivity index (χ1v) is 8.25. The highest BCUT2D eigenvalue weighted by molar-refractivity contribution is 5.79. The van der Waals surface area contributed by atoms with E-state index in [0.717, 1.165) is 45.4 Å². The topological polar surface area (TPSA) is 23.6 Å². The number of amides is 1. The van der Waals surface area contributed by atoms with Crippen molar-refractivity contribution in [3.63, 3.8) is 0 Å². The Morgan fingerprint density at radius 2 is 1.76 bits per heavy atom. The number of nitrogens with zero attached hydrogens (tertiary/aromatic N) is 2. The lowest BCUT2D eigenvalue weighted by Crippen LogP contribution is -2.45. The Hall–Kier alpha value is -1.35. The van der Waals surface area contributed by atoms with Gasteiger partial charge in [-0.05, 0) is 57.3 Å². The number of hydrogen-bond donors (Lipinski definition) is 0. The second-order valence-electron chi connectivity index (χ2n) is 6.68. The maximum atomic E-state index is 12.7. The molecule has 2 aliphatic heterocycles. The van der Waals surface area contributed by atoms with Gasteiger partial charge in [0, 0.05) is 25.0 Å². The summed E-state index contributed by atoms with van der Waals surface area (Å²) in [5.41, 5.74) is 2.74. The molecule has 0 aliphatic carbocycles. The molecule has 1 aromatic rings. The molecule has 0 aromatic heterocycles. The molecule has 1 fully saturated rings. The van der Waals surface area contributed by atoms with Gasteiger partial charge in [0.2, 0.25) is 5.91 Å². The van der Waals surface area contributed by atoms with Crippen molar-refractivity contribution in [2.45, 2.75) is 45.7 Å². The van der Waals surface area contributed by atoms with Crippen LogP contribution in [0, 0.1) is 5.92 Å². The molecule has 1 amide bonds. The first kappa shape index (κ1) is 14.6. The van der Waals surface area contributed by atoms with E-state index in [9.17, 15) is 4.79 Å². The Kier molecular flexibility index (Phi) is 4.29. The van der Waals surface area contributed by atoms with Gasteiger partial charge < -0.3 is 9.80 Å². The van der Waals surface area contributed by atoms with E-state index >= 15 is 0 Å². The molecule has 0 radical (unpaired) electrons. The van der Waals surface area contributed by atoms with E-state index in [4.69, 9.17) is 0 Å². The summed E-state index contributed by atoms with van der Waals surface area (Å²) in [4.78, 5) is 17.3. The summed E-state index contributed by atoms with van der Waals surface area (Å²) in [7, 11) is 0. The summed E-state index contributed by atoms with van der Waals surface area (Å²) in [5.74, 6) is 0.623. The molecule has 0 unspecified atom stereocenters. The highest BCUT2D eigenvalue weighted by Gasteiger charge is 2.30. The minimum atomic E-state index is 0.241. The zero-order valence-electron chi connectivity index (χ0n) is 13.2. The van der Waals surface area contributed by atoms with Gasteiger partial charge in [-0.15, -0.1) is 0 Å². The highest BCUT2D eigenvalue weighted by atomic mass is 16.2. The van der Waals surface area contributed by atoms with Crippen LogP contribution in [0.15, 0.2) is 24.3 Å². The van der Waals surface area contributed by atoms with Crippen LogP contribution in [0.5, 0.6) is 0 Å². The molecule has 0 spiro atoms. The average molecular weight is 286 g/mol. The minimum Gasteiger partial charge on any atom is -0.338 e. The van der Waals surface area contributed by atoms with E-state index in [1.165, 1.54) is 11.1 Å². The summed E-state index contributed by atoms with van der Waals surface area (Å²) < 4.78 is 0. The third-order valence-electron chi connectivity index (χ3n) is 5.05. The lowest BCUT2D eigenvalue weighted by atomic mass is 9.92. The Bertz CT molecular complexity index is 504. The molecule has 0 bridgehead atoms. The van der Waals surface area contributed by atoms with Crippen LogP contribution in [0.2, 0.25) is 0 Å². The van der Waals surface area contributed by atoms with Crippen LogP contribution >= 0.6 is 0 Å². The molecule has 3 rings (SSSR count). The van der Waals surface area contributed by atoms with Crippen molar-refractivity contribution in [3.8, 4) is 0 Å². The Labute approximate surface area is 127 Å². The zero-order chi connectivity index (χ0) is 14.8. The highest BCUT2D eigenvalue weighted by Crippen LogP contribution is 2.25. The van der Waals surface area contributed by atoms with E-state index in [1.54, 1.807) is 0 Å². The fourth-order valence-electron chi connectivity index (χ4n) is 3.60. The van der Waals surface area contributed by atoms with E-state index in [-0.39, 0.29) is 5.92 Å². The first-order valence-electron chi connectivity index (χ1n) is 8.25. The van der Waals surface area contributed by atoms with Gasteiger partial charge in [-0.2, -0.15) is 0 Å². The van der Waals surface area contributed by atoms with Gasteiger partial charge in [0.15, 0.2) is 0 Å². The molecule has 3 heteroatoms. The number of likely N-dealkylation sites (tertiary alicyclic amines) is 1. The van der Waals surface area contributed by atoms with Crippen LogP contribution in [-0.2, 0) is 17.8 Å². The molecule has 114 valence electrons. The van der Waals surface area contributed by atoms with Crippen molar-refractivity contribution in [2.75, 3.05) is 19.6 Å². The van der Waals surface area contributed by atoms with Crippen molar-refractivity contribution in [1.29, 1.82) is 0 Å². The predicted octanol–water partition coefficient (Wildman–Crippen LogP) is 2.69. The van der Waals surface area contributed by atoms with E-state index < -0.39 is 0 Å². The van der Waals surface area contributed by atoms with Crippen LogP contribution in [0.25, 0.3) is 0 Å². The van der Waals surface area contributed by atoms with Crippen LogP contribution in [0.3, 0.4) is 0 Å². The number of piperidine rings is 1. The fraction of sp³-hybridized carbons (Fsp3) is 0.611. The SMILES string of the molecule is CC(C)N1CCC(C(=O)N2CCc3ccccc3C2)CC1. The molecular formula is C18H26N2O. The normalized spacial score (nSPS) is 20.6. The van der Waals surface area contributed by atoms with Crippen LogP contribution < -0.4 is 0 Å². The predicted molar refractivity (Wildman–Crippen MR) is 85.0 cm³/mol. The standard InChI is InChI=1S/C18H26N2O/c1-14(2)19-10-8-16(9-11-19)18(21)20-12-7-15-5-3-4-6-17(15)13-20/h3-6,14,16H,7-13H2,1-2H3. The fourth-order valence-corrected chi connectivity index (χ4v) is 3.60. The van der Waals surface area contributed by atoms with E-state index in [2.05, 4.69) is 47.9 Å². The second kappa shape index (κ2) is 6.18. The number of benzene rings is 1. The van der Waals surface area contributed by atoms with Gasteiger partial charge in [0.1, 0.15) is 0 Å². The number of carbonyl (C=O) groups excluding carboxylic acids is 1. The van der Waals surface area contributed by atoms with Crippen molar-refractivity contribution < 1.29 is 4.79 Å². The monoisotopic (exact) mass is 286 g/mol. The second-order valence-corrected chi connectivity index (χ2v) is 6.68. The quantitative estimate of drug-likeness (QED) is 0.834. The first-order chi connectivity index (χ1) is 10.1. The van der Waals surface area contributed by atoms with Gasteiger partial charge >= 0.3 is 0 Å². The summed E-state index contributed by atoms with van der Waals surface area (Å²) in [6.45, 7) is 8.31. The van der Waals surface area contributed by atoms with Gasteiger partial charge in [-0.3, -0.25) is 4.79 Å². The lowest BCUT2D eigenvalue weighted by Gasteiger charge is -2.37. The molecule has 0 N–H and O–H groups in total. The smallest absolute Gasteiger partial charge is 0.226 e. The van der Waals surface area contributed by atoms with Crippen LogP contribution in [0.4, 0.5) is 0 Å². The lowest BCUT2D eigenvalue weighted by molar-refractivity contribution is -0.138. The summed E-state index contributed by atoms with van der Waals surface area (Å²) in [5, 5.41) is 0. The van der Waals surface area contributed by atoms with Gasteiger partial charge in [-0.1, -0.05) is 24.3 Å². The maximum absolute atomic E-state index is 12.7. The molecule has 2 heterocycles. The molecular weight excluding hydrogens is 260 g/mol. The third kappa shape index (κ3) is 3.13. The maximum Gasteiger partial charge on any atom is 0.226 e. The largest absolute Gasteiger partial charge is 0.338 e. The van der Waals surface area contributed by atoms with Crippen molar-refractivity contribution in [3.05, 3.63) is 35.4 Å². The van der Waals surface area contributed by atoms with Gasteiger partial charge in [0.25, 0.3) is 0 Å². The van der Waals surface area contributed by atoms with Crippen molar-refractivity contribution in [2.24, 2.45) is 5.92 Å².